The summed E-state index contributed by atoms with van der Waals surface area (Å²) in [6, 6.07) is 4.75. The monoisotopic (exact) mass is 372 g/mol. The Morgan fingerprint density at radius 3 is 2.63 bits per heavy atom. The van der Waals surface area contributed by atoms with Gasteiger partial charge in [-0.3, -0.25) is 0 Å². The smallest absolute Gasteiger partial charge is 0.241 e. The molecule has 1 atom stereocenters. The van der Waals surface area contributed by atoms with Crippen LogP contribution < -0.4 is 15.2 Å². The Hall–Kier alpha value is -0.340. The van der Waals surface area contributed by atoms with E-state index in [1.807, 2.05) is 6.92 Å². The van der Waals surface area contributed by atoms with Crippen LogP contribution in [0.5, 0.6) is 5.75 Å². The molecular formula is C11H18BrClN2O3S. The molecule has 19 heavy (non-hydrogen) atoms. The molecule has 0 saturated carbocycles. The molecule has 8 heteroatoms. The Kier molecular flexibility index (Phi) is 7.92. The molecule has 1 aromatic rings. The molecule has 0 bridgehead atoms. The summed E-state index contributed by atoms with van der Waals surface area (Å²) in [5.41, 5.74) is 5.57. The van der Waals surface area contributed by atoms with E-state index in [4.69, 9.17) is 10.5 Å². The van der Waals surface area contributed by atoms with Gasteiger partial charge in [0.1, 0.15) is 5.75 Å². The van der Waals surface area contributed by atoms with Gasteiger partial charge in [0, 0.05) is 23.1 Å². The van der Waals surface area contributed by atoms with Crippen molar-refractivity contribution in [2.45, 2.75) is 24.3 Å². The van der Waals surface area contributed by atoms with Gasteiger partial charge in [0.05, 0.1) is 12.0 Å². The van der Waals surface area contributed by atoms with Crippen LogP contribution in [-0.2, 0) is 10.0 Å². The van der Waals surface area contributed by atoms with Gasteiger partial charge in [-0.15, -0.1) is 12.4 Å². The third kappa shape index (κ3) is 5.66. The summed E-state index contributed by atoms with van der Waals surface area (Å²) in [5, 5.41) is 0. The van der Waals surface area contributed by atoms with Crippen LogP contribution in [0.15, 0.2) is 27.6 Å². The maximum atomic E-state index is 12.1. The van der Waals surface area contributed by atoms with Crippen LogP contribution in [0, 0.1) is 0 Å². The predicted octanol–water partition coefficient (Wildman–Crippen LogP) is 1.90. The van der Waals surface area contributed by atoms with Crippen LogP contribution in [0.1, 0.15) is 13.3 Å². The van der Waals surface area contributed by atoms with Crippen LogP contribution in [0.3, 0.4) is 0 Å². The first-order valence-electron chi connectivity index (χ1n) is 5.45. The lowest BCUT2D eigenvalue weighted by Crippen LogP contribution is -2.29. The molecule has 1 rings (SSSR count). The lowest BCUT2D eigenvalue weighted by Gasteiger charge is -2.11. The van der Waals surface area contributed by atoms with E-state index in [2.05, 4.69) is 20.7 Å². The fourth-order valence-electron chi connectivity index (χ4n) is 1.32. The second-order valence-corrected chi connectivity index (χ2v) is 6.55. The number of sulfonamides is 1. The van der Waals surface area contributed by atoms with E-state index in [1.165, 1.54) is 13.2 Å². The molecule has 5 nitrogen and oxygen atoms in total. The van der Waals surface area contributed by atoms with Gasteiger partial charge < -0.3 is 10.5 Å². The van der Waals surface area contributed by atoms with Crippen molar-refractivity contribution in [3.8, 4) is 5.75 Å². The highest BCUT2D eigenvalue weighted by Crippen LogP contribution is 2.26. The van der Waals surface area contributed by atoms with Gasteiger partial charge in [0.2, 0.25) is 10.0 Å². The zero-order valence-corrected chi connectivity index (χ0v) is 13.9. The number of rotatable bonds is 6. The van der Waals surface area contributed by atoms with Crippen LogP contribution >= 0.6 is 28.3 Å². The van der Waals surface area contributed by atoms with Crippen LogP contribution in [0.25, 0.3) is 0 Å². The quantitative estimate of drug-likeness (QED) is 0.798. The summed E-state index contributed by atoms with van der Waals surface area (Å²) in [5.74, 6) is 0.491. The molecule has 0 saturated heterocycles. The van der Waals surface area contributed by atoms with Crippen molar-refractivity contribution in [1.29, 1.82) is 0 Å². The zero-order chi connectivity index (χ0) is 13.8. The number of ether oxygens (including phenoxy) is 1. The Balaban J connectivity index is 0.00000324. The van der Waals surface area contributed by atoms with E-state index < -0.39 is 10.0 Å². The summed E-state index contributed by atoms with van der Waals surface area (Å²) in [4.78, 5) is 0.159. The third-order valence-electron chi connectivity index (χ3n) is 2.32. The SMILES string of the molecule is COc1ccc(Br)c(S(=O)(=O)NCCC(C)N)c1.Cl. The fourth-order valence-corrected chi connectivity index (χ4v) is 3.34. The second kappa shape index (κ2) is 8.06. The first-order chi connectivity index (χ1) is 8.36. The number of nitrogens with one attached hydrogen (secondary N) is 1. The van der Waals surface area contributed by atoms with Crippen molar-refractivity contribution < 1.29 is 13.2 Å². The van der Waals surface area contributed by atoms with Crippen molar-refractivity contribution in [1.82, 2.24) is 4.72 Å². The van der Waals surface area contributed by atoms with Crippen molar-refractivity contribution >= 4 is 38.4 Å². The van der Waals surface area contributed by atoms with Gasteiger partial charge in [-0.2, -0.15) is 0 Å². The lowest BCUT2D eigenvalue weighted by molar-refractivity contribution is 0.413. The topological polar surface area (TPSA) is 81.4 Å². The number of hydrogen-bond acceptors (Lipinski definition) is 4. The molecule has 110 valence electrons. The average Bonchev–Trinajstić information content (AvgIpc) is 2.28. The third-order valence-corrected chi connectivity index (χ3v) is 4.77. The minimum absolute atomic E-state index is 0. The average molecular weight is 374 g/mol. The standard InChI is InChI=1S/C11H17BrN2O3S.ClH/c1-8(13)5-6-14-18(15,16)11-7-9(17-2)3-4-10(11)12;/h3-4,7-8,14H,5-6,13H2,1-2H3;1H. The first kappa shape index (κ1) is 18.7. The maximum Gasteiger partial charge on any atom is 0.241 e. The minimum atomic E-state index is -3.55. The number of methoxy groups -OCH3 is 1. The normalized spacial score (nSPS) is 12.6. The summed E-state index contributed by atoms with van der Waals surface area (Å²) < 4.78 is 32.1. The number of halogens is 2. The van der Waals surface area contributed by atoms with Gasteiger partial charge in [0.15, 0.2) is 0 Å². The van der Waals surface area contributed by atoms with Gasteiger partial charge in [-0.1, -0.05) is 0 Å². The van der Waals surface area contributed by atoms with E-state index in [9.17, 15) is 8.42 Å². The summed E-state index contributed by atoms with van der Waals surface area (Å²) in [6.07, 6.45) is 0.584. The molecule has 3 N–H and O–H groups in total. The molecule has 0 spiro atoms. The number of benzene rings is 1. The molecule has 0 amide bonds. The predicted molar refractivity (Wildman–Crippen MR) is 81.4 cm³/mol. The van der Waals surface area contributed by atoms with Crippen molar-refractivity contribution in [3.05, 3.63) is 22.7 Å². The van der Waals surface area contributed by atoms with Gasteiger partial charge >= 0.3 is 0 Å². The molecule has 0 fully saturated rings. The number of hydrogen-bond donors (Lipinski definition) is 2. The van der Waals surface area contributed by atoms with E-state index in [0.29, 0.717) is 23.2 Å². The zero-order valence-electron chi connectivity index (χ0n) is 10.7. The van der Waals surface area contributed by atoms with Gasteiger partial charge in [0.25, 0.3) is 0 Å². The van der Waals surface area contributed by atoms with Crippen molar-refractivity contribution in [3.63, 3.8) is 0 Å². The Labute approximate surface area is 128 Å². The molecule has 0 aliphatic rings. The van der Waals surface area contributed by atoms with E-state index in [-0.39, 0.29) is 23.3 Å². The highest BCUT2D eigenvalue weighted by molar-refractivity contribution is 9.10. The lowest BCUT2D eigenvalue weighted by atomic mass is 10.3. The van der Waals surface area contributed by atoms with Crippen molar-refractivity contribution in [2.75, 3.05) is 13.7 Å². The Morgan fingerprint density at radius 1 is 1.47 bits per heavy atom. The Morgan fingerprint density at radius 2 is 2.11 bits per heavy atom. The molecule has 1 unspecified atom stereocenters. The minimum Gasteiger partial charge on any atom is -0.497 e. The Bertz CT molecular complexity index is 509. The van der Waals surface area contributed by atoms with Crippen molar-refractivity contribution in [2.24, 2.45) is 5.73 Å². The highest BCUT2D eigenvalue weighted by Gasteiger charge is 2.18. The molecule has 0 radical (unpaired) electrons. The molecule has 1 aromatic carbocycles. The summed E-state index contributed by atoms with van der Waals surface area (Å²) >= 11 is 3.22. The van der Waals surface area contributed by atoms with Gasteiger partial charge in [-0.25, -0.2) is 13.1 Å². The largest absolute Gasteiger partial charge is 0.497 e. The summed E-state index contributed by atoms with van der Waals surface area (Å²) in [7, 11) is -2.06. The molecule has 0 aliphatic heterocycles. The first-order valence-corrected chi connectivity index (χ1v) is 7.73. The second-order valence-electron chi connectivity index (χ2n) is 3.96. The highest BCUT2D eigenvalue weighted by atomic mass is 79.9. The fraction of sp³-hybridized carbons (Fsp3) is 0.455. The summed E-state index contributed by atoms with van der Waals surface area (Å²) in [6.45, 7) is 2.14. The van der Waals surface area contributed by atoms with Crippen LogP contribution in [0.2, 0.25) is 0 Å². The van der Waals surface area contributed by atoms with Gasteiger partial charge in [-0.05, 0) is 41.4 Å². The van der Waals surface area contributed by atoms with E-state index in [0.717, 1.165) is 0 Å². The number of nitrogens with two attached hydrogens (primary N) is 1. The molecule has 0 aliphatic carbocycles. The molecule has 0 aromatic heterocycles. The van der Waals surface area contributed by atoms with Crippen LogP contribution in [0.4, 0.5) is 0 Å². The maximum absolute atomic E-state index is 12.1. The van der Waals surface area contributed by atoms with E-state index in [1.54, 1.807) is 12.1 Å². The van der Waals surface area contributed by atoms with E-state index >= 15 is 0 Å². The van der Waals surface area contributed by atoms with Crippen LogP contribution in [-0.4, -0.2) is 28.1 Å². The molecule has 0 heterocycles. The molecular weight excluding hydrogens is 356 g/mol.